The molecule has 1 rings (SSSR count). The van der Waals surface area contributed by atoms with Gasteiger partial charge in [-0.2, -0.15) is 0 Å². The highest BCUT2D eigenvalue weighted by atomic mass is 16.5. The number of nitrogens with one attached hydrogen (secondary N) is 2. The summed E-state index contributed by atoms with van der Waals surface area (Å²) in [5, 5.41) is 5.24. The Hall–Kier alpha value is -2.83. The predicted octanol–water partition coefficient (Wildman–Crippen LogP) is 2.20. The highest BCUT2D eigenvalue weighted by Gasteiger charge is 2.35. The summed E-state index contributed by atoms with van der Waals surface area (Å²) in [7, 11) is 0. The fraction of sp³-hybridized carbons (Fsp3) is 0.353. The molecule has 0 saturated heterocycles. The lowest BCUT2D eigenvalue weighted by Crippen LogP contribution is -2.54. The van der Waals surface area contributed by atoms with E-state index in [-0.39, 0.29) is 6.61 Å². The van der Waals surface area contributed by atoms with Gasteiger partial charge in [-0.25, -0.2) is 9.59 Å². The topological polar surface area (TPSA) is 111 Å². The zero-order valence-corrected chi connectivity index (χ0v) is 13.9. The van der Waals surface area contributed by atoms with Crippen molar-refractivity contribution in [3.63, 3.8) is 0 Å². The molecule has 4 N–H and O–H groups in total. The maximum absolute atomic E-state index is 12.2. The fourth-order valence-corrected chi connectivity index (χ4v) is 2.14. The van der Waals surface area contributed by atoms with Crippen LogP contribution in [0.2, 0.25) is 0 Å². The van der Waals surface area contributed by atoms with E-state index >= 15 is 0 Å². The monoisotopic (exact) mass is 333 g/mol. The second kappa shape index (κ2) is 8.71. The van der Waals surface area contributed by atoms with Gasteiger partial charge in [0.25, 0.3) is 0 Å². The molecule has 0 bridgehead atoms. The average Bonchev–Trinajstić information content (AvgIpc) is 2.53. The van der Waals surface area contributed by atoms with Crippen molar-refractivity contribution < 1.29 is 19.1 Å². The molecule has 0 aliphatic carbocycles. The largest absolute Gasteiger partial charge is 0.460 e. The molecule has 7 heteroatoms. The quantitative estimate of drug-likeness (QED) is 0.500. The van der Waals surface area contributed by atoms with E-state index in [1.165, 1.54) is 18.2 Å². The fourth-order valence-electron chi connectivity index (χ4n) is 2.14. The highest BCUT2D eigenvalue weighted by Crippen LogP contribution is 2.16. The molecule has 0 aromatic heterocycles. The number of ether oxygens (including phenoxy) is 1. The van der Waals surface area contributed by atoms with Crippen LogP contribution in [0.15, 0.2) is 36.9 Å². The molecule has 0 saturated carbocycles. The summed E-state index contributed by atoms with van der Waals surface area (Å²) in [6.07, 6.45) is 2.58. The Kier molecular flexibility index (Phi) is 6.98. The van der Waals surface area contributed by atoms with Crippen molar-refractivity contribution in [2.45, 2.75) is 32.2 Å². The van der Waals surface area contributed by atoms with Gasteiger partial charge >= 0.3 is 12.0 Å². The van der Waals surface area contributed by atoms with Crippen molar-refractivity contribution in [3.05, 3.63) is 42.5 Å². The van der Waals surface area contributed by atoms with Crippen molar-refractivity contribution in [2.24, 2.45) is 5.73 Å². The molecule has 1 aromatic carbocycles. The van der Waals surface area contributed by atoms with Gasteiger partial charge in [-0.15, -0.1) is 0 Å². The Bertz CT molecular complexity index is 613. The third-order valence-corrected chi connectivity index (χ3v) is 3.35. The number of carbonyl (C=O) groups excluding carboxylic acids is 3. The highest BCUT2D eigenvalue weighted by molar-refractivity contribution is 5.96. The van der Waals surface area contributed by atoms with Crippen molar-refractivity contribution in [3.8, 4) is 0 Å². The van der Waals surface area contributed by atoms with Gasteiger partial charge in [0.05, 0.1) is 0 Å². The van der Waals surface area contributed by atoms with Crippen LogP contribution in [-0.4, -0.2) is 30.1 Å². The Morgan fingerprint density at radius 2 is 1.92 bits per heavy atom. The molecule has 1 atom stereocenters. The number of amides is 3. The molecular weight excluding hydrogens is 310 g/mol. The first-order chi connectivity index (χ1) is 11.3. The molecule has 7 nitrogen and oxygen atoms in total. The zero-order valence-electron chi connectivity index (χ0n) is 13.9. The van der Waals surface area contributed by atoms with Crippen LogP contribution in [0.25, 0.3) is 0 Å². The number of esters is 1. The van der Waals surface area contributed by atoms with Crippen LogP contribution in [0.3, 0.4) is 0 Å². The summed E-state index contributed by atoms with van der Waals surface area (Å²) in [6.45, 7) is 7.08. The molecule has 24 heavy (non-hydrogen) atoms. The number of carbonyl (C=O) groups is 3. The summed E-state index contributed by atoms with van der Waals surface area (Å²) >= 11 is 0. The summed E-state index contributed by atoms with van der Waals surface area (Å²) in [5.41, 5.74) is 4.82. The first kappa shape index (κ1) is 19.2. The number of primary amides is 1. The van der Waals surface area contributed by atoms with E-state index in [0.29, 0.717) is 24.1 Å². The molecule has 0 spiro atoms. The average molecular weight is 333 g/mol. The molecule has 0 radical (unpaired) electrons. The van der Waals surface area contributed by atoms with E-state index in [0.717, 1.165) is 0 Å². The molecule has 0 aliphatic heterocycles. The third kappa shape index (κ3) is 5.42. The second-order valence-electron chi connectivity index (χ2n) is 5.49. The summed E-state index contributed by atoms with van der Waals surface area (Å²) in [4.78, 5) is 35.3. The zero-order chi connectivity index (χ0) is 18.2. The van der Waals surface area contributed by atoms with Crippen molar-refractivity contribution in [1.82, 2.24) is 5.32 Å². The van der Waals surface area contributed by atoms with E-state index in [4.69, 9.17) is 10.5 Å². The van der Waals surface area contributed by atoms with E-state index in [2.05, 4.69) is 17.2 Å². The number of anilines is 1. The number of benzene rings is 1. The maximum atomic E-state index is 12.2. The lowest BCUT2D eigenvalue weighted by molar-refractivity contribution is -0.149. The van der Waals surface area contributed by atoms with Crippen LogP contribution in [0.1, 0.15) is 37.0 Å². The van der Waals surface area contributed by atoms with Gasteiger partial charge in [-0.05, 0) is 37.6 Å². The minimum Gasteiger partial charge on any atom is -0.460 e. The van der Waals surface area contributed by atoms with Gasteiger partial charge in [-0.1, -0.05) is 26.0 Å². The molecule has 1 unspecified atom stereocenters. The molecule has 3 amide bonds. The summed E-state index contributed by atoms with van der Waals surface area (Å²) < 4.78 is 5.05. The minimum absolute atomic E-state index is 0.0794. The Balaban J connectivity index is 2.75. The Labute approximate surface area is 141 Å². The number of rotatable bonds is 8. The minimum atomic E-state index is -1.14. The molecular formula is C17H23N3O4. The van der Waals surface area contributed by atoms with Crippen LogP contribution in [0.5, 0.6) is 0 Å². The lowest BCUT2D eigenvalue weighted by Gasteiger charge is -2.28. The standard InChI is InChI=1S/C17H23N3O4/c1-4-10-17(3,15(22)24-11-5-2)20-16(23)19-13-8-6-12(7-9-13)14(18)21/h5-9H,2,4,10-11H2,1,3H3,(H2,18,21)(H2,19,20,23). The summed E-state index contributed by atoms with van der Waals surface area (Å²) in [5.74, 6) is -1.07. The smallest absolute Gasteiger partial charge is 0.331 e. The van der Waals surface area contributed by atoms with E-state index in [1.807, 2.05) is 6.92 Å². The SMILES string of the molecule is C=CCOC(=O)C(C)(CCC)NC(=O)Nc1ccc(C(N)=O)cc1. The molecule has 130 valence electrons. The van der Waals surface area contributed by atoms with Crippen LogP contribution >= 0.6 is 0 Å². The first-order valence-electron chi connectivity index (χ1n) is 7.59. The van der Waals surface area contributed by atoms with Crippen molar-refractivity contribution >= 4 is 23.6 Å². The first-order valence-corrected chi connectivity index (χ1v) is 7.59. The van der Waals surface area contributed by atoms with Gasteiger partial charge in [0.2, 0.25) is 5.91 Å². The second-order valence-corrected chi connectivity index (χ2v) is 5.49. The van der Waals surface area contributed by atoms with Crippen molar-refractivity contribution in [1.29, 1.82) is 0 Å². The molecule has 0 fully saturated rings. The number of nitrogens with two attached hydrogens (primary N) is 1. The van der Waals surface area contributed by atoms with Gasteiger partial charge < -0.3 is 21.1 Å². The van der Waals surface area contributed by atoms with E-state index < -0.39 is 23.4 Å². The maximum Gasteiger partial charge on any atom is 0.331 e. The van der Waals surface area contributed by atoms with Gasteiger partial charge in [0, 0.05) is 11.3 Å². The van der Waals surface area contributed by atoms with Crippen molar-refractivity contribution in [2.75, 3.05) is 11.9 Å². The normalized spacial score (nSPS) is 12.6. The van der Waals surface area contributed by atoms with Crippen LogP contribution < -0.4 is 16.4 Å². The van der Waals surface area contributed by atoms with Gasteiger partial charge in [0.1, 0.15) is 12.1 Å². The van der Waals surface area contributed by atoms with Crippen LogP contribution in [0, 0.1) is 0 Å². The van der Waals surface area contributed by atoms with Gasteiger partial charge in [-0.3, -0.25) is 4.79 Å². The predicted molar refractivity (Wildman–Crippen MR) is 91.6 cm³/mol. The van der Waals surface area contributed by atoms with Gasteiger partial charge in [0.15, 0.2) is 0 Å². The number of urea groups is 1. The number of hydrogen-bond donors (Lipinski definition) is 3. The van der Waals surface area contributed by atoms with E-state index in [1.54, 1.807) is 19.1 Å². The van der Waals surface area contributed by atoms with E-state index in [9.17, 15) is 14.4 Å². The number of hydrogen-bond acceptors (Lipinski definition) is 4. The van der Waals surface area contributed by atoms with Crippen LogP contribution in [0.4, 0.5) is 10.5 Å². The Morgan fingerprint density at radius 3 is 2.42 bits per heavy atom. The molecule has 1 aromatic rings. The van der Waals surface area contributed by atoms with Crippen LogP contribution in [-0.2, 0) is 9.53 Å². The summed E-state index contributed by atoms with van der Waals surface area (Å²) in [6, 6.07) is 5.55. The third-order valence-electron chi connectivity index (χ3n) is 3.35. The Morgan fingerprint density at radius 1 is 1.29 bits per heavy atom. The molecule has 0 heterocycles. The molecule has 0 aliphatic rings. The lowest BCUT2D eigenvalue weighted by atomic mass is 9.96.